The molecule has 2 aliphatic heterocycles. The van der Waals surface area contributed by atoms with Gasteiger partial charge in [0.25, 0.3) is 0 Å². The van der Waals surface area contributed by atoms with E-state index in [0.29, 0.717) is 17.9 Å². The maximum absolute atomic E-state index is 12.6. The first-order chi connectivity index (χ1) is 11.7. The Morgan fingerprint density at radius 1 is 1.04 bits per heavy atom. The van der Waals surface area contributed by atoms with E-state index in [2.05, 4.69) is 28.5 Å². The summed E-state index contributed by atoms with van der Waals surface area (Å²) in [6, 6.07) is 0.650. The standard InChI is InChI=1S/C19H35N3O2/c1-3-24-13-12-20-8-10-21(11-9-20)18-14-17(15-18)19(23)22-6-4-16(2)5-7-22/h16-18H,3-15H2,1-2H3. The molecule has 0 unspecified atom stereocenters. The van der Waals surface area contributed by atoms with Gasteiger partial charge in [-0.25, -0.2) is 0 Å². The Balaban J connectivity index is 1.33. The third-order valence-electron chi connectivity index (χ3n) is 6.24. The summed E-state index contributed by atoms with van der Waals surface area (Å²) in [6.45, 7) is 13.6. The van der Waals surface area contributed by atoms with E-state index in [4.69, 9.17) is 4.74 Å². The highest BCUT2D eigenvalue weighted by Crippen LogP contribution is 2.34. The average Bonchev–Trinajstić information content (AvgIpc) is 2.56. The molecule has 5 nitrogen and oxygen atoms in total. The molecule has 24 heavy (non-hydrogen) atoms. The van der Waals surface area contributed by atoms with Crippen LogP contribution in [0.5, 0.6) is 0 Å². The minimum atomic E-state index is 0.305. The van der Waals surface area contributed by atoms with Gasteiger partial charge in [-0.1, -0.05) is 6.92 Å². The summed E-state index contributed by atoms with van der Waals surface area (Å²) in [5.41, 5.74) is 0. The van der Waals surface area contributed by atoms with Crippen molar-refractivity contribution in [1.82, 2.24) is 14.7 Å². The largest absolute Gasteiger partial charge is 0.380 e. The van der Waals surface area contributed by atoms with Crippen LogP contribution in [0.25, 0.3) is 0 Å². The predicted octanol–water partition coefficient (Wildman–Crippen LogP) is 1.68. The Morgan fingerprint density at radius 3 is 2.33 bits per heavy atom. The molecule has 0 bridgehead atoms. The minimum Gasteiger partial charge on any atom is -0.380 e. The van der Waals surface area contributed by atoms with E-state index in [1.54, 1.807) is 0 Å². The number of hydrogen-bond acceptors (Lipinski definition) is 4. The van der Waals surface area contributed by atoms with Crippen molar-refractivity contribution in [2.45, 2.75) is 45.6 Å². The predicted molar refractivity (Wildman–Crippen MR) is 96.0 cm³/mol. The summed E-state index contributed by atoms with van der Waals surface area (Å²) < 4.78 is 5.45. The first-order valence-electron chi connectivity index (χ1n) is 10.00. The van der Waals surface area contributed by atoms with Gasteiger partial charge in [-0.2, -0.15) is 0 Å². The van der Waals surface area contributed by atoms with Gasteiger partial charge in [-0.15, -0.1) is 0 Å². The van der Waals surface area contributed by atoms with Gasteiger partial charge in [-0.3, -0.25) is 14.6 Å². The molecule has 0 aromatic heterocycles. The molecule has 3 fully saturated rings. The van der Waals surface area contributed by atoms with E-state index in [0.717, 1.165) is 77.8 Å². The number of ether oxygens (including phenoxy) is 1. The van der Waals surface area contributed by atoms with Crippen molar-refractivity contribution >= 4 is 5.91 Å². The molecule has 1 saturated carbocycles. The fourth-order valence-corrected chi connectivity index (χ4v) is 4.26. The number of piperidine rings is 1. The summed E-state index contributed by atoms with van der Waals surface area (Å²) in [4.78, 5) is 19.8. The maximum Gasteiger partial charge on any atom is 0.225 e. The van der Waals surface area contributed by atoms with Gasteiger partial charge >= 0.3 is 0 Å². The molecule has 2 heterocycles. The first kappa shape index (κ1) is 18.2. The summed E-state index contributed by atoms with van der Waals surface area (Å²) in [7, 11) is 0. The first-order valence-corrected chi connectivity index (χ1v) is 10.00. The van der Waals surface area contributed by atoms with Crippen LogP contribution in [-0.4, -0.2) is 85.7 Å². The fourth-order valence-electron chi connectivity index (χ4n) is 4.26. The molecule has 0 aromatic rings. The van der Waals surface area contributed by atoms with Gasteiger partial charge in [0.05, 0.1) is 6.61 Å². The SMILES string of the molecule is CCOCCN1CCN(C2CC(C(=O)N3CCC(C)CC3)C2)CC1. The number of carbonyl (C=O) groups is 1. The van der Waals surface area contributed by atoms with Gasteiger partial charge in [0.1, 0.15) is 0 Å². The number of nitrogens with zero attached hydrogens (tertiary/aromatic N) is 3. The van der Waals surface area contributed by atoms with Crippen molar-refractivity contribution in [2.75, 3.05) is 59.0 Å². The highest BCUT2D eigenvalue weighted by atomic mass is 16.5. The third-order valence-corrected chi connectivity index (χ3v) is 6.24. The monoisotopic (exact) mass is 337 g/mol. The lowest BCUT2D eigenvalue weighted by molar-refractivity contribution is -0.142. The van der Waals surface area contributed by atoms with Crippen LogP contribution in [0, 0.1) is 11.8 Å². The number of hydrogen-bond donors (Lipinski definition) is 0. The number of likely N-dealkylation sites (tertiary alicyclic amines) is 1. The Morgan fingerprint density at radius 2 is 1.71 bits per heavy atom. The van der Waals surface area contributed by atoms with Crippen LogP contribution in [-0.2, 0) is 9.53 Å². The molecular weight excluding hydrogens is 302 g/mol. The van der Waals surface area contributed by atoms with Gasteiger partial charge in [0.2, 0.25) is 5.91 Å². The van der Waals surface area contributed by atoms with Gasteiger partial charge in [0.15, 0.2) is 0 Å². The zero-order chi connectivity index (χ0) is 16.9. The topological polar surface area (TPSA) is 36.0 Å². The summed E-state index contributed by atoms with van der Waals surface area (Å²) in [6.07, 6.45) is 4.55. The van der Waals surface area contributed by atoms with E-state index in [1.165, 1.54) is 12.8 Å². The lowest BCUT2D eigenvalue weighted by Crippen LogP contribution is -2.56. The second kappa shape index (κ2) is 8.63. The molecule has 138 valence electrons. The highest BCUT2D eigenvalue weighted by molar-refractivity contribution is 5.80. The van der Waals surface area contributed by atoms with Crippen LogP contribution in [0.3, 0.4) is 0 Å². The maximum atomic E-state index is 12.6. The van der Waals surface area contributed by atoms with Crippen molar-refractivity contribution in [1.29, 1.82) is 0 Å². The number of amides is 1. The molecule has 0 aromatic carbocycles. The highest BCUT2D eigenvalue weighted by Gasteiger charge is 2.40. The number of piperazine rings is 1. The van der Waals surface area contributed by atoms with Gasteiger partial charge in [-0.05, 0) is 38.5 Å². The van der Waals surface area contributed by atoms with E-state index in [-0.39, 0.29) is 0 Å². The minimum absolute atomic E-state index is 0.305. The van der Waals surface area contributed by atoms with Gasteiger partial charge in [0, 0.05) is 64.4 Å². The van der Waals surface area contributed by atoms with Crippen molar-refractivity contribution in [3.63, 3.8) is 0 Å². The van der Waals surface area contributed by atoms with Crippen LogP contribution in [0.15, 0.2) is 0 Å². The Labute approximate surface area is 147 Å². The lowest BCUT2D eigenvalue weighted by atomic mass is 9.77. The van der Waals surface area contributed by atoms with Crippen molar-refractivity contribution in [3.05, 3.63) is 0 Å². The quantitative estimate of drug-likeness (QED) is 0.691. The van der Waals surface area contributed by atoms with E-state index >= 15 is 0 Å². The Hall–Kier alpha value is -0.650. The van der Waals surface area contributed by atoms with Crippen LogP contribution < -0.4 is 0 Å². The normalized spacial score (nSPS) is 30.3. The van der Waals surface area contributed by atoms with E-state index in [9.17, 15) is 4.79 Å². The summed E-state index contributed by atoms with van der Waals surface area (Å²) in [5.74, 6) is 1.54. The van der Waals surface area contributed by atoms with Crippen LogP contribution in [0.2, 0.25) is 0 Å². The fraction of sp³-hybridized carbons (Fsp3) is 0.947. The molecule has 3 rings (SSSR count). The molecule has 0 atom stereocenters. The molecular formula is C19H35N3O2. The van der Waals surface area contributed by atoms with Gasteiger partial charge < -0.3 is 9.64 Å². The molecule has 2 saturated heterocycles. The average molecular weight is 338 g/mol. The number of rotatable bonds is 6. The molecule has 0 spiro atoms. The van der Waals surface area contributed by atoms with Crippen LogP contribution in [0.4, 0.5) is 0 Å². The zero-order valence-electron chi connectivity index (χ0n) is 15.6. The van der Waals surface area contributed by atoms with Crippen molar-refractivity contribution < 1.29 is 9.53 Å². The third kappa shape index (κ3) is 4.50. The second-order valence-electron chi connectivity index (χ2n) is 7.90. The Bertz CT molecular complexity index is 395. The Kier molecular flexibility index (Phi) is 6.53. The van der Waals surface area contributed by atoms with Crippen molar-refractivity contribution in [3.8, 4) is 0 Å². The second-order valence-corrected chi connectivity index (χ2v) is 7.90. The smallest absolute Gasteiger partial charge is 0.225 e. The molecule has 1 amide bonds. The van der Waals surface area contributed by atoms with Crippen LogP contribution in [0.1, 0.15) is 39.5 Å². The lowest BCUT2D eigenvalue weighted by Gasteiger charge is -2.47. The van der Waals surface area contributed by atoms with Crippen molar-refractivity contribution in [2.24, 2.45) is 11.8 Å². The molecule has 1 aliphatic carbocycles. The van der Waals surface area contributed by atoms with E-state index in [1.807, 2.05) is 0 Å². The molecule has 3 aliphatic rings. The summed E-state index contributed by atoms with van der Waals surface area (Å²) >= 11 is 0. The molecule has 0 radical (unpaired) electrons. The summed E-state index contributed by atoms with van der Waals surface area (Å²) in [5, 5.41) is 0. The number of carbonyl (C=O) groups excluding carboxylic acids is 1. The molecule has 0 N–H and O–H groups in total. The zero-order valence-corrected chi connectivity index (χ0v) is 15.6. The molecule has 5 heteroatoms. The van der Waals surface area contributed by atoms with E-state index < -0.39 is 0 Å². The van der Waals surface area contributed by atoms with Crippen LogP contribution >= 0.6 is 0 Å².